The van der Waals surface area contributed by atoms with E-state index in [0.29, 0.717) is 36.1 Å². The summed E-state index contributed by atoms with van der Waals surface area (Å²) in [4.78, 5) is 24.5. The van der Waals surface area contributed by atoms with Crippen LogP contribution in [0.5, 0.6) is 0 Å². The molecule has 1 heterocycles. The molecule has 0 radical (unpaired) electrons. The Balaban J connectivity index is 1.15. The van der Waals surface area contributed by atoms with Gasteiger partial charge in [0.25, 0.3) is 0 Å². The van der Waals surface area contributed by atoms with Crippen molar-refractivity contribution in [3.05, 3.63) is 0 Å². The predicted molar refractivity (Wildman–Crippen MR) is 139 cm³/mol. The lowest BCUT2D eigenvalue weighted by Crippen LogP contribution is -2.53. The molecule has 4 aliphatic carbocycles. The van der Waals surface area contributed by atoms with E-state index in [0.717, 1.165) is 36.0 Å². The third-order valence-corrected chi connectivity index (χ3v) is 12.2. The molecule has 4 unspecified atom stereocenters. The highest BCUT2D eigenvalue weighted by Crippen LogP contribution is 2.68. The lowest BCUT2D eigenvalue weighted by molar-refractivity contribution is -0.142. The second-order valence-electron chi connectivity index (χ2n) is 13.6. The van der Waals surface area contributed by atoms with Crippen molar-refractivity contribution in [2.75, 3.05) is 13.7 Å². The van der Waals surface area contributed by atoms with Gasteiger partial charge in [-0.15, -0.1) is 0 Å². The molecule has 10 atom stereocenters. The number of carbonyl (C=O) groups excluding carboxylic acids is 2. The molecule has 35 heavy (non-hydrogen) atoms. The molecule has 198 valence electrons. The topological polar surface area (TPSA) is 67.4 Å². The highest BCUT2D eigenvalue weighted by atomic mass is 16.5. The normalized spacial score (nSPS) is 45.7. The van der Waals surface area contributed by atoms with Crippen LogP contribution in [0, 0.1) is 46.3 Å². The van der Waals surface area contributed by atoms with E-state index in [1.54, 1.807) is 0 Å². The van der Waals surface area contributed by atoms with Crippen LogP contribution >= 0.6 is 0 Å². The van der Waals surface area contributed by atoms with Gasteiger partial charge in [-0.05, 0) is 111 Å². The van der Waals surface area contributed by atoms with Crippen LogP contribution in [-0.4, -0.2) is 37.6 Å². The summed E-state index contributed by atoms with van der Waals surface area (Å²) in [7, 11) is 1.42. The Labute approximate surface area is 213 Å². The van der Waals surface area contributed by atoms with Gasteiger partial charge < -0.3 is 15.4 Å². The van der Waals surface area contributed by atoms with E-state index in [9.17, 15) is 9.59 Å². The van der Waals surface area contributed by atoms with Crippen molar-refractivity contribution in [1.29, 1.82) is 0 Å². The molecule has 5 rings (SSSR count). The van der Waals surface area contributed by atoms with E-state index in [1.165, 1.54) is 71.3 Å². The SMILES string of the molecule is COC(=O)[C@@H]1C[C@H](NC(=O)CC[C@@H](C)[C@H]2CCC3C4CCC5CCCC[C@]5(C)C4CC[C@@]32C)CN1. The minimum absolute atomic E-state index is 0.0295. The molecule has 0 spiro atoms. The van der Waals surface area contributed by atoms with Crippen molar-refractivity contribution in [3.63, 3.8) is 0 Å². The third-order valence-electron chi connectivity index (χ3n) is 12.2. The van der Waals surface area contributed by atoms with Crippen LogP contribution in [0.2, 0.25) is 0 Å². The van der Waals surface area contributed by atoms with Gasteiger partial charge in [0.1, 0.15) is 6.04 Å². The van der Waals surface area contributed by atoms with Crippen molar-refractivity contribution < 1.29 is 14.3 Å². The molecule has 0 bridgehead atoms. The molecule has 5 aliphatic rings. The summed E-state index contributed by atoms with van der Waals surface area (Å²) >= 11 is 0. The minimum atomic E-state index is -0.291. The van der Waals surface area contributed by atoms with Gasteiger partial charge in [-0.1, -0.05) is 33.6 Å². The number of methoxy groups -OCH3 is 1. The van der Waals surface area contributed by atoms with Crippen molar-refractivity contribution in [1.82, 2.24) is 10.6 Å². The molecule has 1 amide bonds. The number of hydrogen-bond acceptors (Lipinski definition) is 4. The van der Waals surface area contributed by atoms with Gasteiger partial charge in [0.15, 0.2) is 0 Å². The molecule has 0 aromatic heterocycles. The van der Waals surface area contributed by atoms with Gasteiger partial charge in [-0.3, -0.25) is 9.59 Å². The predicted octanol–water partition coefficient (Wildman–Crippen LogP) is 5.47. The molecule has 0 aromatic carbocycles. The van der Waals surface area contributed by atoms with E-state index in [4.69, 9.17) is 4.74 Å². The van der Waals surface area contributed by atoms with Gasteiger partial charge in [0, 0.05) is 19.0 Å². The highest BCUT2D eigenvalue weighted by Gasteiger charge is 2.60. The second kappa shape index (κ2) is 9.99. The Morgan fingerprint density at radius 3 is 2.60 bits per heavy atom. The molecule has 0 aromatic rings. The van der Waals surface area contributed by atoms with Crippen molar-refractivity contribution in [2.24, 2.45) is 46.3 Å². The lowest BCUT2D eigenvalue weighted by atomic mass is 9.44. The number of carbonyl (C=O) groups is 2. The zero-order chi connectivity index (χ0) is 24.8. The van der Waals surface area contributed by atoms with Gasteiger partial charge in [-0.2, -0.15) is 0 Å². The monoisotopic (exact) mass is 486 g/mol. The molecular formula is C30H50N2O3. The molecule has 1 saturated heterocycles. The van der Waals surface area contributed by atoms with Crippen molar-refractivity contribution in [3.8, 4) is 0 Å². The number of amides is 1. The number of esters is 1. The van der Waals surface area contributed by atoms with Crippen molar-refractivity contribution in [2.45, 2.75) is 116 Å². The largest absolute Gasteiger partial charge is 0.468 e. The van der Waals surface area contributed by atoms with Crippen LogP contribution in [0.3, 0.4) is 0 Å². The molecule has 5 heteroatoms. The van der Waals surface area contributed by atoms with Gasteiger partial charge in [0.2, 0.25) is 5.91 Å². The van der Waals surface area contributed by atoms with Crippen LogP contribution in [0.25, 0.3) is 0 Å². The second-order valence-corrected chi connectivity index (χ2v) is 13.6. The Morgan fingerprint density at radius 2 is 1.80 bits per heavy atom. The van der Waals surface area contributed by atoms with Crippen molar-refractivity contribution >= 4 is 11.9 Å². The van der Waals surface area contributed by atoms with E-state index >= 15 is 0 Å². The highest BCUT2D eigenvalue weighted by molar-refractivity contribution is 5.78. The molecule has 1 aliphatic heterocycles. The Kier molecular flexibility index (Phi) is 7.29. The molecule has 5 nitrogen and oxygen atoms in total. The summed E-state index contributed by atoms with van der Waals surface area (Å²) in [6.07, 6.45) is 16.7. The summed E-state index contributed by atoms with van der Waals surface area (Å²) in [5.41, 5.74) is 1.09. The maximum Gasteiger partial charge on any atom is 0.322 e. The minimum Gasteiger partial charge on any atom is -0.468 e. The van der Waals surface area contributed by atoms with Crippen LogP contribution in [-0.2, 0) is 14.3 Å². The van der Waals surface area contributed by atoms with Crippen LogP contribution < -0.4 is 10.6 Å². The summed E-state index contributed by atoms with van der Waals surface area (Å²) < 4.78 is 4.83. The van der Waals surface area contributed by atoms with Crippen LogP contribution in [0.1, 0.15) is 104 Å². The lowest BCUT2D eigenvalue weighted by Gasteiger charge is -2.61. The number of fused-ring (bicyclic) bond motifs is 5. The van der Waals surface area contributed by atoms with Gasteiger partial charge in [0.05, 0.1) is 7.11 Å². The van der Waals surface area contributed by atoms with Crippen LogP contribution in [0.15, 0.2) is 0 Å². The van der Waals surface area contributed by atoms with E-state index < -0.39 is 0 Å². The Morgan fingerprint density at radius 1 is 1.00 bits per heavy atom. The molecule has 4 saturated carbocycles. The first kappa shape index (κ1) is 25.5. The summed E-state index contributed by atoms with van der Waals surface area (Å²) in [5, 5.41) is 6.32. The van der Waals surface area contributed by atoms with Gasteiger partial charge in [-0.25, -0.2) is 0 Å². The Hall–Kier alpha value is -1.10. The molecule has 5 fully saturated rings. The first-order valence-corrected chi connectivity index (χ1v) is 14.9. The maximum atomic E-state index is 12.7. The maximum absolute atomic E-state index is 12.7. The quantitative estimate of drug-likeness (QED) is 0.489. The number of hydrogen-bond donors (Lipinski definition) is 2. The van der Waals surface area contributed by atoms with E-state index in [-0.39, 0.29) is 24.0 Å². The van der Waals surface area contributed by atoms with Crippen LogP contribution in [0.4, 0.5) is 0 Å². The molecular weight excluding hydrogens is 436 g/mol. The fraction of sp³-hybridized carbons (Fsp3) is 0.933. The Bertz CT molecular complexity index is 800. The average Bonchev–Trinajstić information content (AvgIpc) is 3.45. The zero-order valence-electron chi connectivity index (χ0n) is 22.7. The first-order chi connectivity index (χ1) is 16.8. The number of nitrogens with one attached hydrogen (secondary N) is 2. The first-order valence-electron chi connectivity index (χ1n) is 14.9. The number of rotatable bonds is 6. The smallest absolute Gasteiger partial charge is 0.322 e. The van der Waals surface area contributed by atoms with E-state index in [2.05, 4.69) is 31.4 Å². The third kappa shape index (κ3) is 4.57. The zero-order valence-corrected chi connectivity index (χ0v) is 22.7. The van der Waals surface area contributed by atoms with E-state index in [1.807, 2.05) is 0 Å². The number of ether oxygens (including phenoxy) is 1. The fourth-order valence-electron chi connectivity index (χ4n) is 10.3. The fourth-order valence-corrected chi connectivity index (χ4v) is 10.3. The van der Waals surface area contributed by atoms with Gasteiger partial charge >= 0.3 is 5.97 Å². The summed E-state index contributed by atoms with van der Waals surface area (Å²) in [6, 6.07) is -0.262. The molecule has 2 N–H and O–H groups in total. The average molecular weight is 487 g/mol. The summed E-state index contributed by atoms with van der Waals surface area (Å²) in [5.74, 6) is 5.07. The standard InChI is InChI=1S/C30H50N2O3/c1-19(8-13-27(33)32-21-17-26(31-18-21)28(34)35-4)23-11-12-24-22-10-9-20-7-5-6-15-29(20,2)25(22)14-16-30(23,24)3/h19-26,31H,5-18H2,1-4H3,(H,32,33)/t19-,20?,21+,22?,23-,24?,25?,26+,29+,30-/m1/s1. The summed E-state index contributed by atoms with van der Waals surface area (Å²) in [6.45, 7) is 8.37.